The first-order chi connectivity index (χ1) is 12.8. The molecule has 6 nitrogen and oxygen atoms in total. The second kappa shape index (κ2) is 10.5. The maximum Gasteiger partial charge on any atom is 0.191 e. The van der Waals surface area contributed by atoms with Gasteiger partial charge in [-0.2, -0.15) is 0 Å². The van der Waals surface area contributed by atoms with Crippen LogP contribution in [-0.2, 0) is 4.74 Å². The van der Waals surface area contributed by atoms with Crippen LogP contribution in [0.5, 0.6) is 0 Å². The van der Waals surface area contributed by atoms with Crippen LogP contribution in [-0.4, -0.2) is 86.4 Å². The van der Waals surface area contributed by atoms with E-state index < -0.39 is 0 Å². The van der Waals surface area contributed by atoms with Crippen molar-refractivity contribution in [1.82, 2.24) is 20.4 Å². The van der Waals surface area contributed by atoms with Gasteiger partial charge in [0.1, 0.15) is 0 Å². The molecule has 150 valence electrons. The third kappa shape index (κ3) is 5.57. The highest BCUT2D eigenvalue weighted by Gasteiger charge is 2.32. The van der Waals surface area contributed by atoms with Crippen molar-refractivity contribution in [2.24, 2.45) is 4.99 Å². The van der Waals surface area contributed by atoms with E-state index in [1.807, 2.05) is 0 Å². The van der Waals surface area contributed by atoms with Gasteiger partial charge in [-0.25, -0.2) is 0 Å². The van der Waals surface area contributed by atoms with Gasteiger partial charge in [0.15, 0.2) is 5.96 Å². The lowest BCUT2D eigenvalue weighted by Gasteiger charge is -2.35. The molecule has 0 aliphatic carbocycles. The number of nitrogens with one attached hydrogen (secondary N) is 2. The molecule has 0 aromatic rings. The van der Waals surface area contributed by atoms with E-state index in [-0.39, 0.29) is 6.10 Å². The lowest BCUT2D eigenvalue weighted by Crippen LogP contribution is -2.48. The van der Waals surface area contributed by atoms with E-state index in [2.05, 4.69) is 34.3 Å². The molecule has 26 heavy (non-hydrogen) atoms. The zero-order valence-electron chi connectivity index (χ0n) is 16.9. The fourth-order valence-electron chi connectivity index (χ4n) is 4.67. The van der Waals surface area contributed by atoms with Crippen LogP contribution in [0, 0.1) is 0 Å². The number of ether oxygens (including phenoxy) is 1. The first-order valence-electron chi connectivity index (χ1n) is 10.9. The Kier molecular flexibility index (Phi) is 8.02. The van der Waals surface area contributed by atoms with Crippen LogP contribution in [0.3, 0.4) is 0 Å². The van der Waals surface area contributed by atoms with E-state index in [1.165, 1.54) is 51.6 Å². The standard InChI is InChI=1S/C20H39N5O/c1-3-17-8-5-6-11-24(17)13-10-22-20(21-4-2)23-14-19-15-25-12-7-9-18(25)16-26-19/h17-19H,3-16H2,1-2H3,(H2,21,22,23). The Hall–Kier alpha value is -0.850. The Balaban J connectivity index is 1.42. The van der Waals surface area contributed by atoms with Gasteiger partial charge < -0.3 is 15.4 Å². The van der Waals surface area contributed by atoms with Gasteiger partial charge in [0.05, 0.1) is 19.3 Å². The lowest BCUT2D eigenvalue weighted by molar-refractivity contribution is -0.0432. The number of nitrogens with zero attached hydrogens (tertiary/aromatic N) is 3. The molecule has 3 saturated heterocycles. The molecule has 0 aromatic carbocycles. The van der Waals surface area contributed by atoms with Crippen molar-refractivity contribution in [3.8, 4) is 0 Å². The summed E-state index contributed by atoms with van der Waals surface area (Å²) in [6, 6.07) is 1.44. The molecule has 3 unspecified atom stereocenters. The number of rotatable bonds is 7. The summed E-state index contributed by atoms with van der Waals surface area (Å²) in [6.45, 7) is 12.6. The quantitative estimate of drug-likeness (QED) is 0.531. The van der Waals surface area contributed by atoms with Gasteiger partial charge in [-0.1, -0.05) is 13.3 Å². The van der Waals surface area contributed by atoms with Gasteiger partial charge in [0.2, 0.25) is 0 Å². The number of likely N-dealkylation sites (tertiary alicyclic amines) is 1. The molecule has 0 amide bonds. The summed E-state index contributed by atoms with van der Waals surface area (Å²) in [5.41, 5.74) is 0. The minimum atomic E-state index is 0.242. The molecular weight excluding hydrogens is 326 g/mol. The number of morpholine rings is 1. The van der Waals surface area contributed by atoms with Gasteiger partial charge in [0.25, 0.3) is 0 Å². The van der Waals surface area contributed by atoms with Crippen molar-refractivity contribution in [2.45, 2.75) is 70.6 Å². The topological polar surface area (TPSA) is 52.1 Å². The van der Waals surface area contributed by atoms with Crippen molar-refractivity contribution in [3.05, 3.63) is 0 Å². The van der Waals surface area contributed by atoms with Crippen molar-refractivity contribution < 1.29 is 4.74 Å². The number of hydrogen-bond acceptors (Lipinski definition) is 4. The minimum absolute atomic E-state index is 0.242. The molecule has 3 aliphatic heterocycles. The van der Waals surface area contributed by atoms with Crippen LogP contribution in [0.15, 0.2) is 4.99 Å². The highest BCUT2D eigenvalue weighted by Crippen LogP contribution is 2.22. The second-order valence-corrected chi connectivity index (χ2v) is 7.99. The highest BCUT2D eigenvalue weighted by atomic mass is 16.5. The number of piperidine rings is 1. The van der Waals surface area contributed by atoms with Crippen molar-refractivity contribution in [2.75, 3.05) is 52.4 Å². The smallest absolute Gasteiger partial charge is 0.191 e. The molecule has 0 aromatic heterocycles. The largest absolute Gasteiger partial charge is 0.373 e. The molecule has 0 saturated carbocycles. The van der Waals surface area contributed by atoms with Gasteiger partial charge in [-0.05, 0) is 52.1 Å². The third-order valence-electron chi connectivity index (χ3n) is 6.17. The third-order valence-corrected chi connectivity index (χ3v) is 6.17. The van der Waals surface area contributed by atoms with E-state index >= 15 is 0 Å². The summed E-state index contributed by atoms with van der Waals surface area (Å²) in [5, 5.41) is 6.91. The molecule has 2 N–H and O–H groups in total. The molecule has 3 atom stereocenters. The van der Waals surface area contributed by atoms with Gasteiger partial charge in [-0.3, -0.25) is 14.8 Å². The van der Waals surface area contributed by atoms with E-state index in [0.717, 1.165) is 51.3 Å². The summed E-state index contributed by atoms with van der Waals surface area (Å²) in [6.07, 6.45) is 8.24. The lowest BCUT2D eigenvalue weighted by atomic mass is 10.0. The monoisotopic (exact) mass is 365 g/mol. The molecule has 3 aliphatic rings. The Labute approximate surface area is 159 Å². The normalized spacial score (nSPS) is 31.0. The summed E-state index contributed by atoms with van der Waals surface area (Å²) >= 11 is 0. The summed E-state index contributed by atoms with van der Waals surface area (Å²) in [7, 11) is 0. The van der Waals surface area contributed by atoms with Crippen LogP contribution in [0.25, 0.3) is 0 Å². The van der Waals surface area contributed by atoms with Gasteiger partial charge in [-0.15, -0.1) is 0 Å². The number of fused-ring (bicyclic) bond motifs is 1. The number of guanidine groups is 1. The second-order valence-electron chi connectivity index (χ2n) is 7.99. The molecule has 0 spiro atoms. The molecule has 3 heterocycles. The van der Waals surface area contributed by atoms with Crippen LogP contribution in [0.1, 0.15) is 52.4 Å². The van der Waals surface area contributed by atoms with Crippen molar-refractivity contribution >= 4 is 5.96 Å². The average Bonchev–Trinajstić information content (AvgIpc) is 3.14. The van der Waals surface area contributed by atoms with Crippen LogP contribution in [0.4, 0.5) is 0 Å². The molecular formula is C20H39N5O. The zero-order valence-corrected chi connectivity index (χ0v) is 16.9. The zero-order chi connectivity index (χ0) is 18.2. The highest BCUT2D eigenvalue weighted by molar-refractivity contribution is 5.79. The Morgan fingerprint density at radius 3 is 2.88 bits per heavy atom. The maximum atomic E-state index is 6.04. The average molecular weight is 366 g/mol. The van der Waals surface area contributed by atoms with Crippen LogP contribution >= 0.6 is 0 Å². The van der Waals surface area contributed by atoms with Crippen molar-refractivity contribution in [3.63, 3.8) is 0 Å². The van der Waals surface area contributed by atoms with Crippen LogP contribution in [0.2, 0.25) is 0 Å². The van der Waals surface area contributed by atoms with Gasteiger partial charge in [0, 0.05) is 38.3 Å². The van der Waals surface area contributed by atoms with E-state index in [0.29, 0.717) is 6.04 Å². The van der Waals surface area contributed by atoms with E-state index in [4.69, 9.17) is 9.73 Å². The SMILES string of the molecule is CCNC(=NCC1CN2CCCC2CO1)NCCN1CCCCC1CC. The van der Waals surface area contributed by atoms with E-state index in [1.54, 1.807) is 0 Å². The fraction of sp³-hybridized carbons (Fsp3) is 0.950. The molecule has 0 radical (unpaired) electrons. The Bertz CT molecular complexity index is 444. The van der Waals surface area contributed by atoms with Crippen molar-refractivity contribution in [1.29, 1.82) is 0 Å². The van der Waals surface area contributed by atoms with Gasteiger partial charge >= 0.3 is 0 Å². The molecule has 3 rings (SSSR count). The minimum Gasteiger partial charge on any atom is -0.373 e. The molecule has 0 bridgehead atoms. The number of aliphatic imine (C=N–C) groups is 1. The number of hydrogen-bond donors (Lipinski definition) is 2. The molecule has 6 heteroatoms. The van der Waals surface area contributed by atoms with E-state index in [9.17, 15) is 0 Å². The fourth-order valence-corrected chi connectivity index (χ4v) is 4.67. The Morgan fingerprint density at radius 1 is 1.12 bits per heavy atom. The summed E-state index contributed by atoms with van der Waals surface area (Å²) in [5.74, 6) is 0.935. The predicted octanol–water partition coefficient (Wildman–Crippen LogP) is 1.67. The molecule has 3 fully saturated rings. The maximum absolute atomic E-state index is 6.04. The Morgan fingerprint density at radius 2 is 2.04 bits per heavy atom. The van der Waals surface area contributed by atoms with Crippen LogP contribution < -0.4 is 10.6 Å². The predicted molar refractivity (Wildman–Crippen MR) is 108 cm³/mol. The summed E-state index contributed by atoms with van der Waals surface area (Å²) < 4.78 is 6.04. The summed E-state index contributed by atoms with van der Waals surface area (Å²) in [4.78, 5) is 10.0. The first-order valence-corrected chi connectivity index (χ1v) is 10.9. The first kappa shape index (κ1) is 19.9.